The SMILES string of the molecule is CC(=CCN1C(=O)C(=O)c2c(Cl)cccc21)C(=O)O. The largest absolute Gasteiger partial charge is 0.478 e. The van der Waals surface area contributed by atoms with Crippen LogP contribution in [-0.4, -0.2) is 29.3 Å². The summed E-state index contributed by atoms with van der Waals surface area (Å²) in [6, 6.07) is 4.77. The first-order valence-electron chi connectivity index (χ1n) is 5.48. The number of carbonyl (C=O) groups is 3. The van der Waals surface area contributed by atoms with Gasteiger partial charge in [-0.1, -0.05) is 23.7 Å². The molecule has 1 aromatic rings. The summed E-state index contributed by atoms with van der Waals surface area (Å²) < 4.78 is 0. The predicted molar refractivity (Wildman–Crippen MR) is 69.5 cm³/mol. The van der Waals surface area contributed by atoms with Crippen molar-refractivity contribution in [1.82, 2.24) is 0 Å². The fourth-order valence-electron chi connectivity index (χ4n) is 1.80. The van der Waals surface area contributed by atoms with Gasteiger partial charge in [-0.2, -0.15) is 0 Å². The first kappa shape index (κ1) is 13.3. The number of halogens is 1. The number of aliphatic carboxylic acids is 1. The number of Topliss-reactive ketones (excluding diaryl/α,β-unsaturated/α-hetero) is 1. The van der Waals surface area contributed by atoms with Gasteiger partial charge in [0.2, 0.25) is 0 Å². The molecule has 0 spiro atoms. The molecule has 2 rings (SSSR count). The van der Waals surface area contributed by atoms with Gasteiger partial charge in [0, 0.05) is 12.1 Å². The van der Waals surface area contributed by atoms with Gasteiger partial charge in [0.05, 0.1) is 16.3 Å². The summed E-state index contributed by atoms with van der Waals surface area (Å²) in [4.78, 5) is 35.5. The van der Waals surface area contributed by atoms with Crippen molar-refractivity contribution in [3.8, 4) is 0 Å². The van der Waals surface area contributed by atoms with Crippen LogP contribution in [0.4, 0.5) is 5.69 Å². The zero-order valence-electron chi connectivity index (χ0n) is 10.0. The number of carbonyl (C=O) groups excluding carboxylic acids is 2. The van der Waals surface area contributed by atoms with Gasteiger partial charge in [-0.25, -0.2) is 4.79 Å². The van der Waals surface area contributed by atoms with Gasteiger partial charge >= 0.3 is 5.97 Å². The molecule has 0 radical (unpaired) electrons. The molecule has 0 saturated carbocycles. The molecule has 0 aliphatic carbocycles. The maximum atomic E-state index is 11.8. The summed E-state index contributed by atoms with van der Waals surface area (Å²) in [5.74, 6) is -2.43. The van der Waals surface area contributed by atoms with E-state index >= 15 is 0 Å². The van der Waals surface area contributed by atoms with E-state index in [1.807, 2.05) is 0 Å². The van der Waals surface area contributed by atoms with Gasteiger partial charge in [0.1, 0.15) is 0 Å². The van der Waals surface area contributed by atoms with Gasteiger partial charge in [0.15, 0.2) is 0 Å². The number of benzene rings is 1. The van der Waals surface area contributed by atoms with E-state index in [0.29, 0.717) is 5.69 Å². The Balaban J connectivity index is 2.37. The molecule has 0 bridgehead atoms. The number of hydrogen-bond acceptors (Lipinski definition) is 3. The highest BCUT2D eigenvalue weighted by molar-refractivity contribution is 6.55. The zero-order chi connectivity index (χ0) is 14.2. The number of rotatable bonds is 3. The monoisotopic (exact) mass is 279 g/mol. The third kappa shape index (κ3) is 2.24. The number of anilines is 1. The number of nitrogens with zero attached hydrogens (tertiary/aromatic N) is 1. The minimum absolute atomic E-state index is 0.0239. The topological polar surface area (TPSA) is 74.7 Å². The van der Waals surface area contributed by atoms with Crippen LogP contribution in [0.3, 0.4) is 0 Å². The number of ketones is 1. The molecule has 1 aliphatic heterocycles. The molecule has 0 unspecified atom stereocenters. The molecule has 0 atom stereocenters. The minimum Gasteiger partial charge on any atom is -0.478 e. The predicted octanol–water partition coefficient (Wildman–Crippen LogP) is 1.90. The maximum absolute atomic E-state index is 11.8. The van der Waals surface area contributed by atoms with E-state index in [0.717, 1.165) is 0 Å². The van der Waals surface area contributed by atoms with E-state index in [2.05, 4.69) is 0 Å². The van der Waals surface area contributed by atoms with E-state index in [1.54, 1.807) is 12.1 Å². The Hall–Kier alpha value is -2.14. The lowest BCUT2D eigenvalue weighted by molar-refractivity contribution is -0.132. The molecule has 1 N–H and O–H groups in total. The van der Waals surface area contributed by atoms with Crippen LogP contribution in [-0.2, 0) is 9.59 Å². The number of carboxylic acids is 1. The second kappa shape index (κ2) is 4.85. The van der Waals surface area contributed by atoms with Crippen LogP contribution in [0.1, 0.15) is 17.3 Å². The van der Waals surface area contributed by atoms with Crippen LogP contribution in [0.5, 0.6) is 0 Å². The van der Waals surface area contributed by atoms with E-state index in [9.17, 15) is 14.4 Å². The highest BCUT2D eigenvalue weighted by atomic mass is 35.5. The molecule has 0 saturated heterocycles. The van der Waals surface area contributed by atoms with Crippen molar-refractivity contribution in [2.24, 2.45) is 0 Å². The molecular formula is C13H10ClNO4. The van der Waals surface area contributed by atoms with E-state index in [1.165, 1.54) is 24.0 Å². The molecular weight excluding hydrogens is 270 g/mol. The van der Waals surface area contributed by atoms with Crippen molar-refractivity contribution in [2.75, 3.05) is 11.4 Å². The smallest absolute Gasteiger partial charge is 0.331 e. The fourth-order valence-corrected chi connectivity index (χ4v) is 2.05. The summed E-state index contributed by atoms with van der Waals surface area (Å²) in [5.41, 5.74) is 0.697. The first-order valence-corrected chi connectivity index (χ1v) is 5.86. The summed E-state index contributed by atoms with van der Waals surface area (Å²) in [7, 11) is 0. The third-order valence-electron chi connectivity index (χ3n) is 2.87. The van der Waals surface area contributed by atoms with Crippen molar-refractivity contribution in [1.29, 1.82) is 0 Å². The maximum Gasteiger partial charge on any atom is 0.331 e. The van der Waals surface area contributed by atoms with Crippen molar-refractivity contribution in [3.05, 3.63) is 40.4 Å². The molecule has 98 valence electrons. The quantitative estimate of drug-likeness (QED) is 0.677. The van der Waals surface area contributed by atoms with E-state index in [-0.39, 0.29) is 22.7 Å². The van der Waals surface area contributed by atoms with Crippen molar-refractivity contribution in [3.63, 3.8) is 0 Å². The highest BCUT2D eigenvalue weighted by Crippen LogP contribution is 2.33. The Morgan fingerprint density at radius 2 is 2.11 bits per heavy atom. The van der Waals surface area contributed by atoms with Crippen LogP contribution in [0.15, 0.2) is 29.8 Å². The number of hydrogen-bond donors (Lipinski definition) is 1. The molecule has 1 aliphatic rings. The standard InChI is InChI=1S/C13H10ClNO4/c1-7(13(18)19)5-6-15-9-4-2-3-8(14)10(9)11(16)12(15)17/h2-5H,6H2,1H3,(H,18,19). The van der Waals surface area contributed by atoms with Crippen LogP contribution in [0, 0.1) is 0 Å². The number of amides is 1. The minimum atomic E-state index is -1.07. The highest BCUT2D eigenvalue weighted by Gasteiger charge is 2.36. The Kier molecular flexibility index (Phi) is 3.40. The molecule has 1 aromatic carbocycles. The molecule has 6 heteroatoms. The first-order chi connectivity index (χ1) is 8.93. The van der Waals surface area contributed by atoms with Crippen LogP contribution < -0.4 is 4.90 Å². The van der Waals surface area contributed by atoms with E-state index < -0.39 is 17.7 Å². The average molecular weight is 280 g/mol. The zero-order valence-corrected chi connectivity index (χ0v) is 10.8. The summed E-state index contributed by atoms with van der Waals surface area (Å²) in [6.45, 7) is 1.44. The van der Waals surface area contributed by atoms with Gasteiger partial charge in [-0.05, 0) is 19.1 Å². The number of fused-ring (bicyclic) bond motifs is 1. The van der Waals surface area contributed by atoms with Gasteiger partial charge in [0.25, 0.3) is 11.7 Å². The normalized spacial score (nSPS) is 14.8. The van der Waals surface area contributed by atoms with Crippen molar-refractivity contribution in [2.45, 2.75) is 6.92 Å². The van der Waals surface area contributed by atoms with Gasteiger partial charge in [-0.3, -0.25) is 9.59 Å². The molecule has 0 fully saturated rings. The average Bonchev–Trinajstić information content (AvgIpc) is 2.60. The Morgan fingerprint density at radius 3 is 2.74 bits per heavy atom. The Labute approximate surface area is 114 Å². The molecule has 1 amide bonds. The van der Waals surface area contributed by atoms with Gasteiger partial charge in [-0.15, -0.1) is 0 Å². The number of carboxylic acid groups (broad SMARTS) is 1. The summed E-state index contributed by atoms with van der Waals surface area (Å²) in [6.07, 6.45) is 1.38. The lowest BCUT2D eigenvalue weighted by atomic mass is 10.1. The van der Waals surface area contributed by atoms with Crippen LogP contribution in [0.25, 0.3) is 0 Å². The molecule has 5 nitrogen and oxygen atoms in total. The second-order valence-corrected chi connectivity index (χ2v) is 4.48. The second-order valence-electron chi connectivity index (χ2n) is 4.07. The van der Waals surface area contributed by atoms with Gasteiger partial charge < -0.3 is 10.0 Å². The van der Waals surface area contributed by atoms with Crippen LogP contribution >= 0.6 is 11.6 Å². The molecule has 1 heterocycles. The lowest BCUT2D eigenvalue weighted by Crippen LogP contribution is -2.30. The molecule has 0 aromatic heterocycles. The Bertz CT molecular complexity index is 621. The van der Waals surface area contributed by atoms with E-state index in [4.69, 9.17) is 16.7 Å². The van der Waals surface area contributed by atoms with Crippen molar-refractivity contribution >= 4 is 34.9 Å². The van der Waals surface area contributed by atoms with Crippen molar-refractivity contribution < 1.29 is 19.5 Å². The summed E-state index contributed by atoms with van der Waals surface area (Å²) >= 11 is 5.90. The molecule has 19 heavy (non-hydrogen) atoms. The lowest BCUT2D eigenvalue weighted by Gasteiger charge is -2.14. The Morgan fingerprint density at radius 1 is 1.42 bits per heavy atom. The summed E-state index contributed by atoms with van der Waals surface area (Å²) in [5, 5.41) is 8.97. The third-order valence-corrected chi connectivity index (χ3v) is 3.18. The van der Waals surface area contributed by atoms with Crippen LogP contribution in [0.2, 0.25) is 5.02 Å². The fraction of sp³-hybridized carbons (Fsp3) is 0.154.